The standard InChI is InChI=1S/C17H22FN2O/c1-14-5-6-17(16(18)13-14)21-12-4-9-20-10-7-15(8-11-20)19(2)3/h5-8,10-11,13H,4,9,12H2,1-3H3/q+1. The molecule has 112 valence electrons. The Morgan fingerprint density at radius 3 is 2.48 bits per heavy atom. The van der Waals surface area contributed by atoms with Crippen LogP contribution in [0.4, 0.5) is 10.1 Å². The second-order valence-electron chi connectivity index (χ2n) is 5.32. The number of anilines is 1. The molecule has 1 aromatic carbocycles. The Morgan fingerprint density at radius 1 is 1.14 bits per heavy atom. The molecule has 0 saturated heterocycles. The zero-order valence-electron chi connectivity index (χ0n) is 12.8. The van der Waals surface area contributed by atoms with Gasteiger partial charge in [-0.1, -0.05) is 6.07 Å². The quantitative estimate of drug-likeness (QED) is 0.600. The molecule has 2 rings (SSSR count). The first-order chi connectivity index (χ1) is 10.1. The summed E-state index contributed by atoms with van der Waals surface area (Å²) in [4.78, 5) is 2.06. The summed E-state index contributed by atoms with van der Waals surface area (Å²) in [5.41, 5.74) is 2.07. The van der Waals surface area contributed by atoms with Gasteiger partial charge in [0.25, 0.3) is 0 Å². The van der Waals surface area contributed by atoms with Crippen molar-refractivity contribution in [2.24, 2.45) is 0 Å². The fourth-order valence-electron chi connectivity index (χ4n) is 2.05. The zero-order valence-corrected chi connectivity index (χ0v) is 12.8. The van der Waals surface area contributed by atoms with Gasteiger partial charge in [-0.3, -0.25) is 0 Å². The van der Waals surface area contributed by atoms with Gasteiger partial charge in [-0.15, -0.1) is 0 Å². The van der Waals surface area contributed by atoms with Crippen LogP contribution in [0.25, 0.3) is 0 Å². The van der Waals surface area contributed by atoms with E-state index in [0.717, 1.165) is 18.5 Å². The molecule has 0 radical (unpaired) electrons. The van der Waals surface area contributed by atoms with Crippen molar-refractivity contribution in [3.05, 3.63) is 54.1 Å². The second kappa shape index (κ2) is 7.07. The summed E-state index contributed by atoms with van der Waals surface area (Å²) >= 11 is 0. The Bertz CT molecular complexity index is 582. The lowest BCUT2D eigenvalue weighted by molar-refractivity contribution is -0.697. The van der Waals surface area contributed by atoms with E-state index in [0.29, 0.717) is 12.4 Å². The maximum atomic E-state index is 13.6. The molecule has 0 aliphatic rings. The van der Waals surface area contributed by atoms with Gasteiger partial charge in [-0.2, -0.15) is 0 Å². The van der Waals surface area contributed by atoms with Gasteiger partial charge in [0.1, 0.15) is 0 Å². The highest BCUT2D eigenvalue weighted by atomic mass is 19.1. The number of rotatable bonds is 6. The lowest BCUT2D eigenvalue weighted by Crippen LogP contribution is -2.33. The van der Waals surface area contributed by atoms with Crippen molar-refractivity contribution in [1.29, 1.82) is 0 Å². The van der Waals surface area contributed by atoms with Crippen LogP contribution < -0.4 is 14.2 Å². The van der Waals surface area contributed by atoms with Crippen molar-refractivity contribution in [1.82, 2.24) is 0 Å². The minimum Gasteiger partial charge on any atom is -0.490 e. The topological polar surface area (TPSA) is 16.4 Å². The monoisotopic (exact) mass is 289 g/mol. The average Bonchev–Trinajstić information content (AvgIpc) is 2.46. The van der Waals surface area contributed by atoms with Crippen molar-refractivity contribution in [3.63, 3.8) is 0 Å². The van der Waals surface area contributed by atoms with Crippen molar-refractivity contribution < 1.29 is 13.7 Å². The molecule has 0 spiro atoms. The Morgan fingerprint density at radius 2 is 1.86 bits per heavy atom. The molecule has 0 unspecified atom stereocenters. The molecule has 0 amide bonds. The third-order valence-corrected chi connectivity index (χ3v) is 3.30. The van der Waals surface area contributed by atoms with Gasteiger partial charge in [0.2, 0.25) is 0 Å². The molecule has 0 aliphatic carbocycles. The number of hydrogen-bond donors (Lipinski definition) is 0. The van der Waals surface area contributed by atoms with E-state index >= 15 is 0 Å². The molecule has 3 nitrogen and oxygen atoms in total. The lowest BCUT2D eigenvalue weighted by Gasteiger charge is -2.10. The molecule has 1 heterocycles. The van der Waals surface area contributed by atoms with Crippen LogP contribution in [0.5, 0.6) is 5.75 Å². The van der Waals surface area contributed by atoms with Crippen LogP contribution in [0.1, 0.15) is 12.0 Å². The maximum Gasteiger partial charge on any atom is 0.170 e. The third kappa shape index (κ3) is 4.45. The van der Waals surface area contributed by atoms with Gasteiger partial charge in [0, 0.05) is 38.3 Å². The van der Waals surface area contributed by atoms with E-state index in [1.165, 1.54) is 11.8 Å². The summed E-state index contributed by atoms with van der Waals surface area (Å²) in [6.07, 6.45) is 4.92. The molecule has 2 aromatic rings. The van der Waals surface area contributed by atoms with Gasteiger partial charge < -0.3 is 9.64 Å². The van der Waals surface area contributed by atoms with Crippen LogP contribution in [0.15, 0.2) is 42.7 Å². The fourth-order valence-corrected chi connectivity index (χ4v) is 2.05. The third-order valence-electron chi connectivity index (χ3n) is 3.30. The van der Waals surface area contributed by atoms with Crippen molar-refractivity contribution in [2.45, 2.75) is 19.9 Å². The summed E-state index contributed by atoms with van der Waals surface area (Å²) in [6.45, 7) is 3.21. The number of nitrogens with zero attached hydrogens (tertiary/aromatic N) is 2. The van der Waals surface area contributed by atoms with Gasteiger partial charge >= 0.3 is 0 Å². The molecular weight excluding hydrogens is 267 g/mol. The lowest BCUT2D eigenvalue weighted by atomic mass is 10.2. The zero-order chi connectivity index (χ0) is 15.2. The van der Waals surface area contributed by atoms with E-state index in [1.54, 1.807) is 6.07 Å². The van der Waals surface area contributed by atoms with E-state index < -0.39 is 0 Å². The predicted molar refractivity (Wildman–Crippen MR) is 82.2 cm³/mol. The number of ether oxygens (including phenoxy) is 1. The van der Waals surface area contributed by atoms with Crippen LogP contribution >= 0.6 is 0 Å². The number of aryl methyl sites for hydroxylation is 2. The molecule has 0 saturated carbocycles. The summed E-state index contributed by atoms with van der Waals surface area (Å²) in [5, 5.41) is 0. The molecule has 1 aromatic heterocycles. The summed E-state index contributed by atoms with van der Waals surface area (Å²) in [5.74, 6) is 0.0338. The van der Waals surface area contributed by atoms with E-state index in [4.69, 9.17) is 4.74 Å². The minimum atomic E-state index is -0.294. The minimum absolute atomic E-state index is 0.294. The number of halogens is 1. The van der Waals surface area contributed by atoms with Crippen LogP contribution in [0.3, 0.4) is 0 Å². The molecule has 0 bridgehead atoms. The fraction of sp³-hybridized carbons (Fsp3) is 0.353. The SMILES string of the molecule is Cc1ccc(OCCC[n+]2ccc(N(C)C)cc2)c(F)c1. The largest absolute Gasteiger partial charge is 0.490 e. The van der Waals surface area contributed by atoms with Crippen molar-refractivity contribution in [2.75, 3.05) is 25.6 Å². The van der Waals surface area contributed by atoms with E-state index in [1.807, 2.05) is 39.5 Å². The van der Waals surface area contributed by atoms with Crippen LogP contribution in [0, 0.1) is 12.7 Å². The Kier molecular flexibility index (Phi) is 5.14. The molecule has 0 aliphatic heterocycles. The van der Waals surface area contributed by atoms with Crippen LogP contribution in [-0.4, -0.2) is 20.7 Å². The summed E-state index contributed by atoms with van der Waals surface area (Å²) in [6, 6.07) is 9.17. The smallest absolute Gasteiger partial charge is 0.170 e. The first kappa shape index (κ1) is 15.3. The summed E-state index contributed by atoms with van der Waals surface area (Å²) in [7, 11) is 4.03. The van der Waals surface area contributed by atoms with Crippen molar-refractivity contribution in [3.8, 4) is 5.75 Å². The highest BCUT2D eigenvalue weighted by molar-refractivity contribution is 5.41. The van der Waals surface area contributed by atoms with E-state index in [-0.39, 0.29) is 5.82 Å². The Balaban J connectivity index is 1.79. The first-order valence-corrected chi connectivity index (χ1v) is 7.11. The Hall–Kier alpha value is -2.10. The van der Waals surface area contributed by atoms with E-state index in [9.17, 15) is 4.39 Å². The van der Waals surface area contributed by atoms with Gasteiger partial charge in [0.15, 0.2) is 30.5 Å². The van der Waals surface area contributed by atoms with E-state index in [2.05, 4.69) is 21.6 Å². The maximum absolute atomic E-state index is 13.6. The number of hydrogen-bond acceptors (Lipinski definition) is 2. The van der Waals surface area contributed by atoms with Gasteiger partial charge in [0.05, 0.1) is 6.61 Å². The molecular formula is C17H22FN2O+. The second-order valence-corrected chi connectivity index (χ2v) is 5.32. The van der Waals surface area contributed by atoms with Crippen LogP contribution in [0.2, 0.25) is 0 Å². The first-order valence-electron chi connectivity index (χ1n) is 7.11. The molecule has 4 heteroatoms. The van der Waals surface area contributed by atoms with Crippen LogP contribution in [-0.2, 0) is 6.54 Å². The van der Waals surface area contributed by atoms with Gasteiger partial charge in [-0.25, -0.2) is 8.96 Å². The number of benzene rings is 1. The molecule has 0 fully saturated rings. The summed E-state index contributed by atoms with van der Waals surface area (Å²) < 4.78 is 21.2. The molecule has 21 heavy (non-hydrogen) atoms. The highest BCUT2D eigenvalue weighted by Crippen LogP contribution is 2.17. The predicted octanol–water partition coefficient (Wildman–Crippen LogP) is 2.96. The number of pyridine rings is 1. The average molecular weight is 289 g/mol. The molecule has 0 atom stereocenters. The molecule has 0 N–H and O–H groups in total. The van der Waals surface area contributed by atoms with Crippen molar-refractivity contribution >= 4 is 5.69 Å². The Labute approximate surface area is 125 Å². The van der Waals surface area contributed by atoms with Gasteiger partial charge in [-0.05, 0) is 24.6 Å². The normalized spacial score (nSPS) is 10.5. The highest BCUT2D eigenvalue weighted by Gasteiger charge is 2.05. The number of aromatic nitrogens is 1.